The molecule has 1 aliphatic heterocycles. The Morgan fingerprint density at radius 2 is 2.06 bits per heavy atom. The first kappa shape index (κ1) is 14.0. The Hall–Kier alpha value is -1.10. The molecule has 0 aromatic heterocycles. The summed E-state index contributed by atoms with van der Waals surface area (Å²) in [4.78, 5) is 25.2. The van der Waals surface area contributed by atoms with Gasteiger partial charge in [-0.1, -0.05) is 0 Å². The molecule has 0 radical (unpaired) electrons. The van der Waals surface area contributed by atoms with Crippen molar-refractivity contribution in [1.82, 2.24) is 10.2 Å². The molecule has 5 nitrogen and oxygen atoms in total. The summed E-state index contributed by atoms with van der Waals surface area (Å²) in [6, 6.07) is 0. The highest BCUT2D eigenvalue weighted by Crippen LogP contribution is 2.14. The van der Waals surface area contributed by atoms with Gasteiger partial charge in [-0.2, -0.15) is 0 Å². The van der Waals surface area contributed by atoms with Crippen molar-refractivity contribution in [2.24, 2.45) is 5.92 Å². The Labute approximate surface area is 102 Å². The van der Waals surface area contributed by atoms with E-state index in [0.29, 0.717) is 0 Å². The van der Waals surface area contributed by atoms with Crippen LogP contribution in [0.1, 0.15) is 27.2 Å². The molecule has 17 heavy (non-hydrogen) atoms. The van der Waals surface area contributed by atoms with Crippen molar-refractivity contribution in [3.63, 3.8) is 0 Å². The minimum Gasteiger partial charge on any atom is -0.444 e. The second-order valence-electron chi connectivity index (χ2n) is 5.57. The first-order valence-corrected chi connectivity index (χ1v) is 5.96. The molecule has 1 aliphatic rings. The number of hydrogen-bond acceptors (Lipinski definition) is 4. The first-order chi connectivity index (χ1) is 7.78. The van der Waals surface area contributed by atoms with Crippen LogP contribution in [0.25, 0.3) is 0 Å². The third kappa shape index (κ3) is 5.17. The lowest BCUT2D eigenvalue weighted by atomic mass is 10.0. The van der Waals surface area contributed by atoms with E-state index in [2.05, 4.69) is 10.2 Å². The van der Waals surface area contributed by atoms with Crippen LogP contribution in [0.2, 0.25) is 0 Å². The van der Waals surface area contributed by atoms with Crippen LogP contribution in [0.5, 0.6) is 0 Å². The number of carbonyl (C=O) groups excluding carboxylic acids is 2. The van der Waals surface area contributed by atoms with E-state index in [1.54, 1.807) is 20.8 Å². The molecule has 1 N–H and O–H groups in total. The summed E-state index contributed by atoms with van der Waals surface area (Å²) in [6.07, 6.45) is 0.350. The summed E-state index contributed by atoms with van der Waals surface area (Å²) in [5.41, 5.74) is -0.527. The van der Waals surface area contributed by atoms with Crippen LogP contribution in [0.4, 0.5) is 4.79 Å². The molecule has 1 rings (SSSR count). The lowest BCUT2D eigenvalue weighted by Gasteiger charge is -2.19. The number of amides is 1. The molecule has 0 aliphatic carbocycles. The number of likely N-dealkylation sites (tertiary alicyclic amines) is 1. The van der Waals surface area contributed by atoms with Crippen LogP contribution in [-0.2, 0) is 9.53 Å². The quantitative estimate of drug-likeness (QED) is 0.803. The topological polar surface area (TPSA) is 58.6 Å². The summed E-state index contributed by atoms with van der Waals surface area (Å²) < 4.78 is 5.06. The van der Waals surface area contributed by atoms with Crippen LogP contribution in [0.15, 0.2) is 0 Å². The molecule has 0 saturated carbocycles. The molecular weight excluding hydrogens is 220 g/mol. The fourth-order valence-electron chi connectivity index (χ4n) is 1.82. The average Bonchev–Trinajstić information content (AvgIpc) is 2.58. The molecule has 1 amide bonds. The van der Waals surface area contributed by atoms with Gasteiger partial charge in [0.2, 0.25) is 0 Å². The van der Waals surface area contributed by atoms with Gasteiger partial charge in [-0.3, -0.25) is 4.79 Å². The second-order valence-corrected chi connectivity index (χ2v) is 5.57. The van der Waals surface area contributed by atoms with Crippen LogP contribution in [-0.4, -0.2) is 49.1 Å². The first-order valence-electron chi connectivity index (χ1n) is 5.96. The summed E-state index contributed by atoms with van der Waals surface area (Å²) in [5, 5.41) is 2.50. The Balaban J connectivity index is 2.26. The number of nitrogens with one attached hydrogen (secondary N) is 1. The molecular formula is C12H22N2O3. The summed E-state index contributed by atoms with van der Waals surface area (Å²) in [7, 11) is 1.99. The Morgan fingerprint density at radius 1 is 1.41 bits per heavy atom. The number of ether oxygens (including phenoxy) is 1. The van der Waals surface area contributed by atoms with Gasteiger partial charge in [0, 0.05) is 12.5 Å². The van der Waals surface area contributed by atoms with Gasteiger partial charge in [-0.25, -0.2) is 4.79 Å². The number of hydrogen-bond donors (Lipinski definition) is 1. The van der Waals surface area contributed by atoms with E-state index >= 15 is 0 Å². The standard InChI is InChI=1S/C12H22N2O3/c1-12(2,3)17-11(16)13-7-10(15)9-5-6-14(4)8-9/h9H,5-8H2,1-4H3,(H,13,16). The van der Waals surface area contributed by atoms with E-state index in [1.165, 1.54) is 0 Å². The lowest BCUT2D eigenvalue weighted by molar-refractivity contribution is -0.121. The largest absolute Gasteiger partial charge is 0.444 e. The van der Waals surface area contributed by atoms with E-state index in [9.17, 15) is 9.59 Å². The van der Waals surface area contributed by atoms with E-state index in [1.807, 2.05) is 7.05 Å². The van der Waals surface area contributed by atoms with Crippen molar-refractivity contribution >= 4 is 11.9 Å². The van der Waals surface area contributed by atoms with Gasteiger partial charge in [0.25, 0.3) is 0 Å². The smallest absolute Gasteiger partial charge is 0.408 e. The van der Waals surface area contributed by atoms with Gasteiger partial charge < -0.3 is 15.0 Å². The fourth-order valence-corrected chi connectivity index (χ4v) is 1.82. The third-order valence-electron chi connectivity index (χ3n) is 2.65. The minimum atomic E-state index is -0.530. The van der Waals surface area contributed by atoms with Crippen molar-refractivity contribution in [1.29, 1.82) is 0 Å². The molecule has 0 aromatic carbocycles. The van der Waals surface area contributed by atoms with Gasteiger partial charge in [-0.15, -0.1) is 0 Å². The van der Waals surface area contributed by atoms with Gasteiger partial charge in [-0.05, 0) is 40.8 Å². The molecule has 1 fully saturated rings. The van der Waals surface area contributed by atoms with Gasteiger partial charge >= 0.3 is 6.09 Å². The number of ketones is 1. The minimum absolute atomic E-state index is 0.0509. The molecule has 1 saturated heterocycles. The van der Waals surface area contributed by atoms with E-state index in [-0.39, 0.29) is 18.2 Å². The number of alkyl carbamates (subject to hydrolysis) is 1. The SMILES string of the molecule is CN1CCC(C(=O)CNC(=O)OC(C)(C)C)C1. The molecule has 0 bridgehead atoms. The van der Waals surface area contributed by atoms with Crippen molar-refractivity contribution in [2.45, 2.75) is 32.8 Å². The molecule has 1 atom stereocenters. The average molecular weight is 242 g/mol. The van der Waals surface area contributed by atoms with E-state index < -0.39 is 11.7 Å². The summed E-state index contributed by atoms with van der Waals surface area (Å²) >= 11 is 0. The Morgan fingerprint density at radius 3 is 2.53 bits per heavy atom. The van der Waals surface area contributed by atoms with Crippen molar-refractivity contribution in [2.75, 3.05) is 26.7 Å². The van der Waals surface area contributed by atoms with Crippen LogP contribution >= 0.6 is 0 Å². The number of Topliss-reactive ketones (excluding diaryl/α,β-unsaturated/α-hetero) is 1. The predicted octanol–water partition coefficient (Wildman–Crippen LogP) is 1.03. The van der Waals surface area contributed by atoms with Gasteiger partial charge in [0.05, 0.1) is 6.54 Å². The van der Waals surface area contributed by atoms with Crippen molar-refractivity contribution < 1.29 is 14.3 Å². The highest BCUT2D eigenvalue weighted by molar-refractivity contribution is 5.86. The second kappa shape index (κ2) is 5.49. The number of carbonyl (C=O) groups is 2. The maximum atomic E-state index is 11.8. The molecule has 1 unspecified atom stereocenters. The van der Waals surface area contributed by atoms with Crippen LogP contribution < -0.4 is 5.32 Å². The van der Waals surface area contributed by atoms with Crippen molar-refractivity contribution in [3.05, 3.63) is 0 Å². The highest BCUT2D eigenvalue weighted by Gasteiger charge is 2.26. The maximum Gasteiger partial charge on any atom is 0.408 e. The number of rotatable bonds is 3. The Kier molecular flexibility index (Phi) is 4.51. The van der Waals surface area contributed by atoms with Crippen LogP contribution in [0.3, 0.4) is 0 Å². The van der Waals surface area contributed by atoms with E-state index in [0.717, 1.165) is 19.5 Å². The maximum absolute atomic E-state index is 11.8. The zero-order valence-electron chi connectivity index (χ0n) is 11.1. The number of nitrogens with zero attached hydrogens (tertiary/aromatic N) is 1. The third-order valence-corrected chi connectivity index (χ3v) is 2.65. The Bertz CT molecular complexity index is 297. The normalized spacial score (nSPS) is 21.3. The fraction of sp³-hybridized carbons (Fsp3) is 0.833. The molecule has 0 aromatic rings. The lowest BCUT2D eigenvalue weighted by Crippen LogP contribution is -2.37. The van der Waals surface area contributed by atoms with E-state index in [4.69, 9.17) is 4.74 Å². The summed E-state index contributed by atoms with van der Waals surface area (Å²) in [5.74, 6) is 0.134. The highest BCUT2D eigenvalue weighted by atomic mass is 16.6. The summed E-state index contributed by atoms with van der Waals surface area (Å²) in [6.45, 7) is 7.17. The molecule has 5 heteroatoms. The zero-order valence-corrected chi connectivity index (χ0v) is 11.1. The van der Waals surface area contributed by atoms with Crippen LogP contribution in [0, 0.1) is 5.92 Å². The van der Waals surface area contributed by atoms with Gasteiger partial charge in [0.1, 0.15) is 5.60 Å². The zero-order chi connectivity index (χ0) is 13.1. The molecule has 0 spiro atoms. The van der Waals surface area contributed by atoms with Crippen molar-refractivity contribution in [3.8, 4) is 0 Å². The molecule has 98 valence electrons. The predicted molar refractivity (Wildman–Crippen MR) is 64.8 cm³/mol. The van der Waals surface area contributed by atoms with Gasteiger partial charge in [0.15, 0.2) is 5.78 Å². The monoisotopic (exact) mass is 242 g/mol. The molecule has 1 heterocycles.